The van der Waals surface area contributed by atoms with Crippen LogP contribution in [0.5, 0.6) is 0 Å². The van der Waals surface area contributed by atoms with Crippen molar-refractivity contribution in [2.24, 2.45) is 59.2 Å². The molecule has 0 bridgehead atoms. The molecule has 0 saturated heterocycles. The van der Waals surface area contributed by atoms with Gasteiger partial charge >= 0.3 is 0 Å². The molecule has 3 aliphatic rings. The van der Waals surface area contributed by atoms with Crippen molar-refractivity contribution in [3.05, 3.63) is 134 Å². The fourth-order valence-corrected chi connectivity index (χ4v) is 8.43. The Labute approximate surface area is 569 Å². The summed E-state index contributed by atoms with van der Waals surface area (Å²) in [5, 5.41) is 26.0. The maximum atomic E-state index is 11.2. The molecule has 3 aliphatic carbocycles. The first kappa shape index (κ1) is 94.7. The van der Waals surface area contributed by atoms with E-state index >= 15 is 0 Å². The Balaban J connectivity index is -0.000000307. The quantitative estimate of drug-likeness (QED) is 0.0485. The molecule has 1 aromatic rings. The highest BCUT2D eigenvalue weighted by Crippen LogP contribution is 2.24. The highest BCUT2D eigenvalue weighted by molar-refractivity contribution is 5.77. The van der Waals surface area contributed by atoms with Crippen molar-refractivity contribution >= 4 is 5.91 Å². The number of carbonyl (C=O) groups excluding carboxylic acids is 1. The summed E-state index contributed by atoms with van der Waals surface area (Å²) < 4.78 is 0. The maximum absolute atomic E-state index is 11.2. The minimum atomic E-state index is 0.0590. The topological polar surface area (TPSA) is 117 Å². The summed E-state index contributed by atoms with van der Waals surface area (Å²) in [6.07, 6.45) is 19.5. The van der Waals surface area contributed by atoms with Gasteiger partial charge in [0.05, 0.1) is 0 Å². The van der Waals surface area contributed by atoms with E-state index in [0.29, 0.717) is 66.0 Å². The molecule has 0 aliphatic heterocycles. The van der Waals surface area contributed by atoms with Gasteiger partial charge < -0.3 is 47.4 Å². The van der Waals surface area contributed by atoms with Crippen molar-refractivity contribution in [2.75, 3.05) is 34.2 Å². The third-order valence-corrected chi connectivity index (χ3v) is 15.8. The first-order valence-corrected chi connectivity index (χ1v) is 35.8. The molecule has 0 heterocycles. The average Bonchev–Trinajstić information content (AvgIpc) is 4.25. The zero-order chi connectivity index (χ0) is 71.6. The molecular weight excluding hydrogens is 1110 g/mol. The van der Waals surface area contributed by atoms with Crippen molar-refractivity contribution in [3.8, 4) is 0 Å². The Bertz CT molecular complexity index is 2020. The molecule has 0 atom stereocenters. The lowest BCUT2D eigenvalue weighted by molar-refractivity contribution is -0.124. The highest BCUT2D eigenvalue weighted by Gasteiger charge is 2.17. The predicted octanol–water partition coefficient (Wildman–Crippen LogP) is 20.6. The summed E-state index contributed by atoms with van der Waals surface area (Å²) in [5.74, 6) is 5.57. The maximum Gasteiger partial charge on any atom is 0.222 e. The van der Waals surface area contributed by atoms with Crippen molar-refractivity contribution in [3.63, 3.8) is 0 Å². The van der Waals surface area contributed by atoms with Crippen molar-refractivity contribution in [1.29, 1.82) is 0 Å². The summed E-state index contributed by atoms with van der Waals surface area (Å²) in [6.45, 7) is 85.1. The summed E-state index contributed by atoms with van der Waals surface area (Å²) in [6, 6.07) is 11.9. The van der Waals surface area contributed by atoms with Gasteiger partial charge in [0.15, 0.2) is 0 Å². The van der Waals surface area contributed by atoms with Crippen LogP contribution in [0.1, 0.15) is 262 Å². The largest absolute Gasteiger partial charge is 0.392 e. The van der Waals surface area contributed by atoms with Gasteiger partial charge in [0.1, 0.15) is 0 Å². The van der Waals surface area contributed by atoms with Crippen LogP contribution in [0.25, 0.3) is 0 Å². The third kappa shape index (κ3) is 61.0. The summed E-state index contributed by atoms with van der Waals surface area (Å²) >= 11 is 0. The minimum Gasteiger partial charge on any atom is -0.392 e. The fraction of sp³-hybridized carbons (Fsp3) is 0.716. The monoisotopic (exact) mass is 1270 g/mol. The Kier molecular flexibility index (Phi) is 58.8. The molecule has 0 spiro atoms. The Morgan fingerprint density at radius 1 is 0.462 bits per heavy atom. The van der Waals surface area contributed by atoms with Gasteiger partial charge in [0.2, 0.25) is 5.91 Å². The third-order valence-electron chi connectivity index (χ3n) is 15.8. The van der Waals surface area contributed by atoms with Crippen molar-refractivity contribution in [2.45, 2.75) is 286 Å². The number of nitrogens with one attached hydrogen (secondary N) is 8. The standard InChI is InChI=1S/C12H23N.C11H15NO.C11H21N.C10H19N.C9H19N.C8H17N.2C7H15N.C6H13N/c1-10(2)11(3)13-9-12-7-5-4-6-8-12;1-9(2)11(13)12-8-10-6-4-3-5-7-10;1-9(2)10(3)12-11-7-5-4-6-8-11;1-8(2)9(3)11-10-6-4-5-7-10;1-7(2)8(3)10-9(4,5)6;1-6(2)8(5)9-7(3)4;1-6(2)7(3)8(4)5;1-5-8-7(4)6(2)3;1-5(2)6(3)7-4/h10,12-13H,3-9H2,1-2H3;3-7,9H,8H2,1-2H3,(H,12,13);9,11-12H,3-8H2,1-2H3;8,10-11H,3-7H2,1-2H3;7,10H,3H2,1-2,4-6H3;6-7,9H,5H2,1-4H3;6H,3H2,1-2,4-5H3;6,8H,4-5H2,1-3H3;5,7H,3H2,1-2,4H3. The summed E-state index contributed by atoms with van der Waals surface area (Å²) in [7, 11) is 5.92. The second kappa shape index (κ2) is 56.5. The zero-order valence-electron chi connectivity index (χ0n) is 65.4. The van der Waals surface area contributed by atoms with Crippen LogP contribution in [0.4, 0.5) is 0 Å². The molecule has 3 saturated carbocycles. The summed E-state index contributed by atoms with van der Waals surface area (Å²) in [5.41, 5.74) is 10.6. The molecule has 1 amide bonds. The molecule has 0 aromatic heterocycles. The number of amides is 1. The van der Waals surface area contributed by atoms with Gasteiger partial charge in [-0.2, -0.15) is 0 Å². The lowest BCUT2D eigenvalue weighted by Crippen LogP contribution is -2.36. The van der Waals surface area contributed by atoms with E-state index in [1.54, 1.807) is 0 Å². The van der Waals surface area contributed by atoms with Crippen molar-refractivity contribution < 1.29 is 4.79 Å². The van der Waals surface area contributed by atoms with E-state index in [2.05, 4.69) is 247 Å². The van der Waals surface area contributed by atoms with Gasteiger partial charge in [-0.25, -0.2) is 0 Å². The van der Waals surface area contributed by atoms with Gasteiger partial charge in [-0.15, -0.1) is 0 Å². The van der Waals surface area contributed by atoms with Crippen molar-refractivity contribution in [1.82, 2.24) is 47.4 Å². The number of benzene rings is 1. The van der Waals surface area contributed by atoms with Crippen LogP contribution in [0.3, 0.4) is 0 Å². The number of hydrogen-bond acceptors (Lipinski definition) is 9. The molecule has 91 heavy (non-hydrogen) atoms. The molecule has 532 valence electrons. The second-order valence-electron chi connectivity index (χ2n) is 29.6. The number of carbonyl (C=O) groups is 1. The smallest absolute Gasteiger partial charge is 0.222 e. The predicted molar refractivity (Wildman–Crippen MR) is 413 cm³/mol. The van der Waals surface area contributed by atoms with E-state index in [1.165, 1.54) is 113 Å². The first-order chi connectivity index (χ1) is 42.1. The molecule has 8 N–H and O–H groups in total. The molecule has 10 heteroatoms. The van der Waals surface area contributed by atoms with Gasteiger partial charge in [0.25, 0.3) is 0 Å². The molecule has 0 unspecified atom stereocenters. The van der Waals surface area contributed by atoms with E-state index in [1.807, 2.05) is 70.2 Å². The first-order valence-electron chi connectivity index (χ1n) is 35.8. The number of hydrogen-bond donors (Lipinski definition) is 8. The molecule has 0 radical (unpaired) electrons. The molecular formula is C81H157N9O. The van der Waals surface area contributed by atoms with Gasteiger partial charge in [-0.3, -0.25) is 4.79 Å². The zero-order valence-corrected chi connectivity index (χ0v) is 65.4. The molecule has 10 nitrogen and oxygen atoms in total. The Morgan fingerprint density at radius 2 is 0.824 bits per heavy atom. The fourth-order valence-electron chi connectivity index (χ4n) is 8.43. The van der Waals surface area contributed by atoms with Crippen LogP contribution in [-0.4, -0.2) is 68.7 Å². The minimum absolute atomic E-state index is 0.0590. The number of rotatable bonds is 25. The molecule has 1 aromatic carbocycles. The molecule has 4 rings (SSSR count). The van der Waals surface area contributed by atoms with E-state index in [-0.39, 0.29) is 17.4 Å². The number of allylic oxidation sites excluding steroid dienone is 8. The Morgan fingerprint density at radius 3 is 1.08 bits per heavy atom. The van der Waals surface area contributed by atoms with E-state index in [0.717, 1.165) is 53.4 Å². The molecule has 3 fully saturated rings. The normalized spacial score (nSPS) is 13.8. The van der Waals surface area contributed by atoms with E-state index in [9.17, 15) is 4.79 Å². The van der Waals surface area contributed by atoms with Crippen LogP contribution in [0.15, 0.2) is 129 Å². The summed E-state index contributed by atoms with van der Waals surface area (Å²) in [4.78, 5) is 13.3. The second-order valence-corrected chi connectivity index (χ2v) is 29.6. The van der Waals surface area contributed by atoms with E-state index in [4.69, 9.17) is 0 Å². The van der Waals surface area contributed by atoms with Crippen LogP contribution < -0.4 is 42.5 Å². The van der Waals surface area contributed by atoms with Crippen LogP contribution in [-0.2, 0) is 11.3 Å². The van der Waals surface area contributed by atoms with Gasteiger partial charge in [-0.1, -0.05) is 259 Å². The average molecular weight is 1270 g/mol. The van der Waals surface area contributed by atoms with Gasteiger partial charge in [-0.05, 0) is 139 Å². The van der Waals surface area contributed by atoms with Crippen LogP contribution >= 0.6 is 0 Å². The lowest BCUT2D eigenvalue weighted by atomic mass is 9.89. The van der Waals surface area contributed by atoms with Crippen LogP contribution in [0, 0.1) is 59.2 Å². The number of nitrogens with zero attached hydrogens (tertiary/aromatic N) is 1. The van der Waals surface area contributed by atoms with Crippen LogP contribution in [0.2, 0.25) is 0 Å². The van der Waals surface area contributed by atoms with E-state index < -0.39 is 0 Å². The Hall–Kier alpha value is -4.99. The van der Waals surface area contributed by atoms with Gasteiger partial charge in [0, 0.05) is 116 Å². The highest BCUT2D eigenvalue weighted by atomic mass is 16.1. The SMILES string of the molecule is C=C(C(C)C)N(C)C.C=C(NC(C)(C)C)C(C)C.C=C(NC(C)C)C(C)C.C=C(NC)C(C)C.C=C(NC1CCCC1)C(C)C.C=C(NC1CCCCC1)C(C)C.C=C(NCC)C(C)C.C=C(NCC1CCCCC1)C(C)C.CC(C)C(=O)NCc1ccccc1. The lowest BCUT2D eigenvalue weighted by Gasteiger charge is -2.26.